The van der Waals surface area contributed by atoms with Gasteiger partial charge in [0.25, 0.3) is 5.91 Å². The van der Waals surface area contributed by atoms with E-state index in [1.807, 2.05) is 46.0 Å². The first-order valence-electron chi connectivity index (χ1n) is 11.3. The summed E-state index contributed by atoms with van der Waals surface area (Å²) < 4.78 is 45.4. The third kappa shape index (κ3) is 3.01. The fourth-order valence-corrected chi connectivity index (χ4v) is 5.23. The number of amides is 1. The third-order valence-corrected chi connectivity index (χ3v) is 7.58. The minimum atomic E-state index is -2.99. The average molecular weight is 467 g/mol. The molecular weight excluding hydrogens is 443 g/mol. The van der Waals surface area contributed by atoms with Crippen molar-refractivity contribution in [3.8, 4) is 5.75 Å². The molecule has 0 unspecified atom stereocenters. The molecule has 10 heteroatoms. The van der Waals surface area contributed by atoms with Crippen LogP contribution in [0.1, 0.15) is 73.3 Å². The van der Waals surface area contributed by atoms with Gasteiger partial charge in [-0.05, 0) is 63.8 Å². The molecule has 2 aliphatic heterocycles. The van der Waals surface area contributed by atoms with Crippen LogP contribution in [0.2, 0.25) is 0 Å². The number of hydrogen-bond donors (Lipinski definition) is 1. The summed E-state index contributed by atoms with van der Waals surface area (Å²) in [6, 6.07) is 8.24. The van der Waals surface area contributed by atoms with Crippen LogP contribution in [0.4, 0.5) is 8.78 Å². The fraction of sp³-hybridized carbons (Fsp3) is 0.417. The number of rotatable bonds is 3. The van der Waals surface area contributed by atoms with Crippen LogP contribution in [-0.2, 0) is 9.31 Å². The van der Waals surface area contributed by atoms with Gasteiger partial charge in [0.2, 0.25) is 0 Å². The molecule has 34 heavy (non-hydrogen) atoms. The van der Waals surface area contributed by atoms with Crippen LogP contribution in [0, 0.1) is 0 Å². The standard InChI is InChI=1S/C24H24BF2N3O4/c1-23(2)24(3,4)34-25(33-23)12-8-9-30-16(10-12)19-14-11-15(20(19)29-30)28-21(31)13-6-5-7-17(18(13)14)32-22(26)27/h5-10,14-15,22H,11H2,1-4H3,(H,28,31)/t14-,15-/m1/s1. The van der Waals surface area contributed by atoms with E-state index in [0.717, 1.165) is 22.2 Å². The maximum Gasteiger partial charge on any atom is 0.494 e. The van der Waals surface area contributed by atoms with Gasteiger partial charge in [0.15, 0.2) is 0 Å². The maximum atomic E-state index is 13.2. The maximum absolute atomic E-state index is 13.2. The Morgan fingerprint density at radius 2 is 1.91 bits per heavy atom. The Balaban J connectivity index is 1.50. The van der Waals surface area contributed by atoms with Gasteiger partial charge in [-0.2, -0.15) is 13.9 Å². The Hall–Kier alpha value is -2.98. The van der Waals surface area contributed by atoms with E-state index in [-0.39, 0.29) is 23.6 Å². The second-order valence-corrected chi connectivity index (χ2v) is 10.1. The lowest BCUT2D eigenvalue weighted by atomic mass is 9.79. The lowest BCUT2D eigenvalue weighted by Crippen LogP contribution is -2.41. The van der Waals surface area contributed by atoms with Crippen molar-refractivity contribution in [2.75, 3.05) is 0 Å². The number of nitrogens with one attached hydrogen (secondary N) is 1. The minimum Gasteiger partial charge on any atom is -0.434 e. The molecule has 0 saturated carbocycles. The fourth-order valence-electron chi connectivity index (χ4n) is 5.23. The first kappa shape index (κ1) is 21.6. The van der Waals surface area contributed by atoms with E-state index in [1.54, 1.807) is 16.6 Å². The van der Waals surface area contributed by atoms with Crippen LogP contribution in [0.5, 0.6) is 5.75 Å². The normalized spacial score (nSPS) is 24.2. The van der Waals surface area contributed by atoms with E-state index in [9.17, 15) is 13.6 Å². The molecule has 176 valence electrons. The molecule has 1 amide bonds. The number of pyridine rings is 1. The minimum absolute atomic E-state index is 0.0163. The Kier molecular flexibility index (Phi) is 4.45. The monoisotopic (exact) mass is 467 g/mol. The molecule has 2 aromatic heterocycles. The third-order valence-electron chi connectivity index (χ3n) is 7.58. The highest BCUT2D eigenvalue weighted by molar-refractivity contribution is 6.62. The molecule has 2 atom stereocenters. The zero-order valence-electron chi connectivity index (χ0n) is 19.3. The largest absolute Gasteiger partial charge is 0.494 e. The zero-order chi connectivity index (χ0) is 24.0. The summed E-state index contributed by atoms with van der Waals surface area (Å²) in [5.74, 6) is -0.625. The number of hydrogen-bond acceptors (Lipinski definition) is 5. The van der Waals surface area contributed by atoms with Crippen molar-refractivity contribution in [3.05, 3.63) is 58.9 Å². The summed E-state index contributed by atoms with van der Waals surface area (Å²) >= 11 is 0. The highest BCUT2D eigenvalue weighted by atomic mass is 19.3. The van der Waals surface area contributed by atoms with E-state index in [0.29, 0.717) is 17.5 Å². The second-order valence-electron chi connectivity index (χ2n) is 10.1. The van der Waals surface area contributed by atoms with E-state index in [1.165, 1.54) is 6.07 Å². The van der Waals surface area contributed by atoms with Gasteiger partial charge in [-0.1, -0.05) is 6.07 Å². The van der Waals surface area contributed by atoms with Crippen molar-refractivity contribution in [1.82, 2.24) is 14.9 Å². The Morgan fingerprint density at radius 1 is 1.18 bits per heavy atom. The van der Waals surface area contributed by atoms with Gasteiger partial charge in [-0.3, -0.25) is 4.79 Å². The molecule has 6 rings (SSSR count). The van der Waals surface area contributed by atoms with Crippen molar-refractivity contribution >= 4 is 24.0 Å². The number of halogens is 2. The first-order chi connectivity index (χ1) is 16.1. The Labute approximate surface area is 195 Å². The summed E-state index contributed by atoms with van der Waals surface area (Å²) in [7, 11) is -0.547. The Morgan fingerprint density at radius 3 is 2.62 bits per heavy atom. The van der Waals surface area contributed by atoms with Gasteiger partial charge in [-0.15, -0.1) is 0 Å². The molecule has 0 radical (unpaired) electrons. The summed E-state index contributed by atoms with van der Waals surface area (Å²) in [4.78, 5) is 12.9. The number of carbonyl (C=O) groups excluding carboxylic acids is 1. The molecule has 1 saturated heterocycles. The van der Waals surface area contributed by atoms with Crippen molar-refractivity contribution in [3.63, 3.8) is 0 Å². The van der Waals surface area contributed by atoms with Gasteiger partial charge >= 0.3 is 13.7 Å². The average Bonchev–Trinajstić information content (AvgIpc) is 3.32. The van der Waals surface area contributed by atoms with Crippen LogP contribution in [0.3, 0.4) is 0 Å². The molecule has 4 heterocycles. The SMILES string of the molecule is CC1(C)OB(c2ccn3nc4c(c3c2)[C@@H]2C[C@H]4NC(=O)c3cccc(OC(F)F)c32)OC1(C)C. The summed E-state index contributed by atoms with van der Waals surface area (Å²) in [5, 5.41) is 7.74. The van der Waals surface area contributed by atoms with Gasteiger partial charge in [0.1, 0.15) is 5.75 Å². The van der Waals surface area contributed by atoms with Crippen molar-refractivity contribution < 1.29 is 27.6 Å². The number of alkyl halides is 2. The molecular formula is C24H24BF2N3O4. The first-order valence-corrected chi connectivity index (χ1v) is 11.3. The smallest absolute Gasteiger partial charge is 0.434 e. The number of carbonyl (C=O) groups is 1. The van der Waals surface area contributed by atoms with Crippen LogP contribution < -0.4 is 15.5 Å². The van der Waals surface area contributed by atoms with E-state index in [4.69, 9.17) is 19.1 Å². The van der Waals surface area contributed by atoms with Crippen molar-refractivity contribution in [2.24, 2.45) is 0 Å². The van der Waals surface area contributed by atoms with Crippen LogP contribution in [0.25, 0.3) is 5.52 Å². The van der Waals surface area contributed by atoms with Crippen LogP contribution in [-0.4, -0.2) is 40.5 Å². The number of benzene rings is 1. The molecule has 1 aliphatic carbocycles. The molecule has 0 spiro atoms. The summed E-state index contributed by atoms with van der Waals surface area (Å²) in [6.45, 7) is 5.00. The van der Waals surface area contributed by atoms with Gasteiger partial charge in [0, 0.05) is 28.8 Å². The molecule has 7 nitrogen and oxygen atoms in total. The molecule has 1 N–H and O–H groups in total. The van der Waals surface area contributed by atoms with Crippen molar-refractivity contribution in [2.45, 2.75) is 63.9 Å². The van der Waals surface area contributed by atoms with Gasteiger partial charge in [0.05, 0.1) is 28.5 Å². The topological polar surface area (TPSA) is 74.1 Å². The zero-order valence-corrected chi connectivity index (χ0v) is 19.3. The number of aromatic nitrogens is 2. The molecule has 3 aromatic rings. The molecule has 3 aliphatic rings. The predicted molar refractivity (Wildman–Crippen MR) is 121 cm³/mol. The van der Waals surface area contributed by atoms with Gasteiger partial charge in [-0.25, -0.2) is 4.52 Å². The lowest BCUT2D eigenvalue weighted by molar-refractivity contribution is -0.0505. The molecule has 1 fully saturated rings. The molecule has 1 aromatic carbocycles. The quantitative estimate of drug-likeness (QED) is 0.597. The lowest BCUT2D eigenvalue weighted by Gasteiger charge is -2.32. The van der Waals surface area contributed by atoms with Crippen LogP contribution >= 0.6 is 0 Å². The van der Waals surface area contributed by atoms with Crippen LogP contribution in [0.15, 0.2) is 36.5 Å². The highest BCUT2D eigenvalue weighted by Crippen LogP contribution is 2.51. The number of fused-ring (bicyclic) bond motifs is 9. The van der Waals surface area contributed by atoms with E-state index >= 15 is 0 Å². The molecule has 2 bridgehead atoms. The van der Waals surface area contributed by atoms with Crippen molar-refractivity contribution in [1.29, 1.82) is 0 Å². The van der Waals surface area contributed by atoms with E-state index in [2.05, 4.69) is 5.32 Å². The van der Waals surface area contributed by atoms with E-state index < -0.39 is 24.9 Å². The highest BCUT2D eigenvalue weighted by Gasteiger charge is 2.52. The number of ether oxygens (including phenoxy) is 1. The second kappa shape index (κ2) is 7.02. The van der Waals surface area contributed by atoms with Gasteiger partial charge < -0.3 is 19.4 Å². The Bertz CT molecular complexity index is 1320. The number of nitrogens with zero attached hydrogens (tertiary/aromatic N) is 2. The summed E-state index contributed by atoms with van der Waals surface area (Å²) in [5.41, 5.74) is 3.15. The predicted octanol–water partition coefficient (Wildman–Crippen LogP) is 3.56. The summed E-state index contributed by atoms with van der Waals surface area (Å²) in [6.07, 6.45) is 2.36.